The van der Waals surface area contributed by atoms with E-state index >= 15 is 0 Å². The average Bonchev–Trinajstić information content (AvgIpc) is 3.14. The van der Waals surface area contributed by atoms with Gasteiger partial charge < -0.3 is 14.9 Å². The van der Waals surface area contributed by atoms with Crippen LogP contribution in [0.2, 0.25) is 0 Å². The van der Waals surface area contributed by atoms with Crippen molar-refractivity contribution in [1.82, 2.24) is 10.3 Å². The highest BCUT2D eigenvalue weighted by molar-refractivity contribution is 6.30. The summed E-state index contributed by atoms with van der Waals surface area (Å²) in [6, 6.07) is 16.4. The zero-order chi connectivity index (χ0) is 21.4. The lowest BCUT2D eigenvalue weighted by molar-refractivity contribution is 0.0522. The molecular formula is C24H19N3O4. The Hall–Kier alpha value is -4.13. The Morgan fingerprint density at radius 2 is 1.94 bits per heavy atom. The van der Waals surface area contributed by atoms with Gasteiger partial charge in [-0.25, -0.2) is 4.79 Å². The number of ether oxygens (including phenoxy) is 1. The molecular weight excluding hydrogens is 394 g/mol. The highest BCUT2D eigenvalue weighted by atomic mass is 16.7. The summed E-state index contributed by atoms with van der Waals surface area (Å²) in [6.45, 7) is 2.57. The topological polar surface area (TPSA) is 80.8 Å². The lowest BCUT2D eigenvalue weighted by Crippen LogP contribution is -2.37. The molecule has 3 heterocycles. The SMILES string of the molecule is CCOC(=O)c1ccc2cc1ON2C1=C(C(=O)c2ccncc2)c2ccccc2CN1. The molecule has 5 rings (SSSR count). The van der Waals surface area contributed by atoms with Gasteiger partial charge in [-0.2, -0.15) is 5.06 Å². The number of aromatic nitrogens is 1. The molecule has 154 valence electrons. The maximum absolute atomic E-state index is 13.5. The summed E-state index contributed by atoms with van der Waals surface area (Å²) in [4.78, 5) is 35.8. The van der Waals surface area contributed by atoms with Gasteiger partial charge in [-0.1, -0.05) is 24.3 Å². The van der Waals surface area contributed by atoms with Gasteiger partial charge in [0.15, 0.2) is 17.4 Å². The number of benzene rings is 2. The van der Waals surface area contributed by atoms with Crippen LogP contribution < -0.4 is 15.2 Å². The van der Waals surface area contributed by atoms with Crippen LogP contribution in [0.5, 0.6) is 5.75 Å². The Bertz CT molecular complexity index is 1220. The van der Waals surface area contributed by atoms with Crippen molar-refractivity contribution in [2.75, 3.05) is 11.7 Å². The van der Waals surface area contributed by atoms with Gasteiger partial charge in [-0.05, 0) is 42.3 Å². The second-order valence-electron chi connectivity index (χ2n) is 7.09. The molecule has 2 aliphatic heterocycles. The zero-order valence-electron chi connectivity index (χ0n) is 16.8. The van der Waals surface area contributed by atoms with Crippen LogP contribution in [0.3, 0.4) is 0 Å². The number of allylic oxidation sites excluding steroid dienone is 1. The van der Waals surface area contributed by atoms with Gasteiger partial charge in [-0.15, -0.1) is 0 Å². The van der Waals surface area contributed by atoms with Gasteiger partial charge in [0.2, 0.25) is 0 Å². The Balaban J connectivity index is 1.60. The molecule has 0 spiro atoms. The summed E-state index contributed by atoms with van der Waals surface area (Å²) in [5.41, 5.74) is 3.93. The van der Waals surface area contributed by atoms with Crippen molar-refractivity contribution in [2.45, 2.75) is 13.5 Å². The van der Waals surface area contributed by atoms with Crippen molar-refractivity contribution in [3.05, 3.63) is 95.1 Å². The third-order valence-electron chi connectivity index (χ3n) is 5.23. The number of esters is 1. The minimum atomic E-state index is -0.449. The summed E-state index contributed by atoms with van der Waals surface area (Å²) >= 11 is 0. The van der Waals surface area contributed by atoms with Crippen LogP contribution in [-0.2, 0) is 11.3 Å². The summed E-state index contributed by atoms with van der Waals surface area (Å²) in [7, 11) is 0. The summed E-state index contributed by atoms with van der Waals surface area (Å²) in [5, 5.41) is 4.89. The van der Waals surface area contributed by atoms with Crippen LogP contribution in [0, 0.1) is 0 Å². The molecule has 0 radical (unpaired) electrons. The number of anilines is 1. The normalized spacial score (nSPS) is 13.9. The second kappa shape index (κ2) is 7.60. The van der Waals surface area contributed by atoms with E-state index in [1.165, 1.54) is 0 Å². The highest BCUT2D eigenvalue weighted by Gasteiger charge is 2.34. The number of hydroxylamine groups is 1. The lowest BCUT2D eigenvalue weighted by atomic mass is 9.91. The number of nitrogens with one attached hydrogen (secondary N) is 1. The minimum absolute atomic E-state index is 0.147. The minimum Gasteiger partial charge on any atom is -0.462 e. The van der Waals surface area contributed by atoms with E-state index in [-0.39, 0.29) is 12.4 Å². The summed E-state index contributed by atoms with van der Waals surface area (Å²) in [5.74, 6) is 0.317. The standard InChI is InChI=1S/C24H19N3O4/c1-2-30-24(29)19-8-7-17-13-20(19)31-27(17)23-21(22(28)15-9-11-25-12-10-15)18-6-4-3-5-16(18)14-26-23/h3-13,26H,2,14H2,1H3. The molecule has 2 aliphatic rings. The zero-order valence-corrected chi connectivity index (χ0v) is 16.8. The van der Waals surface area contributed by atoms with Crippen molar-refractivity contribution in [3.8, 4) is 5.75 Å². The number of rotatable bonds is 5. The molecule has 1 N–H and O–H groups in total. The quantitative estimate of drug-likeness (QED) is 0.504. The van der Waals surface area contributed by atoms with Crippen LogP contribution in [0.4, 0.5) is 5.69 Å². The predicted octanol–water partition coefficient (Wildman–Crippen LogP) is 3.73. The third kappa shape index (κ3) is 3.20. The van der Waals surface area contributed by atoms with Crippen LogP contribution >= 0.6 is 0 Å². The molecule has 7 nitrogen and oxygen atoms in total. The number of carbonyl (C=O) groups excluding carboxylic acids is 2. The van der Waals surface area contributed by atoms with Gasteiger partial charge in [0, 0.05) is 30.6 Å². The van der Waals surface area contributed by atoms with E-state index in [2.05, 4.69) is 10.3 Å². The summed E-state index contributed by atoms with van der Waals surface area (Å²) < 4.78 is 5.11. The summed E-state index contributed by atoms with van der Waals surface area (Å²) in [6.07, 6.45) is 3.19. The van der Waals surface area contributed by atoms with E-state index in [1.807, 2.05) is 24.3 Å². The fraction of sp³-hybridized carbons (Fsp3) is 0.125. The van der Waals surface area contributed by atoms with E-state index in [9.17, 15) is 9.59 Å². The van der Waals surface area contributed by atoms with Gasteiger partial charge in [-0.3, -0.25) is 9.78 Å². The first-order valence-corrected chi connectivity index (χ1v) is 9.97. The van der Waals surface area contributed by atoms with Crippen molar-refractivity contribution in [1.29, 1.82) is 0 Å². The Kier molecular flexibility index (Phi) is 4.63. The number of ketones is 1. The first-order chi connectivity index (χ1) is 15.2. The van der Waals surface area contributed by atoms with Crippen LogP contribution in [0.25, 0.3) is 5.57 Å². The molecule has 0 saturated heterocycles. The molecule has 7 heteroatoms. The van der Waals surface area contributed by atoms with Gasteiger partial charge >= 0.3 is 5.97 Å². The molecule has 1 aromatic heterocycles. The maximum Gasteiger partial charge on any atom is 0.342 e. The number of nitrogens with zero attached hydrogens (tertiary/aromatic N) is 2. The molecule has 2 aromatic carbocycles. The number of hydrogen-bond acceptors (Lipinski definition) is 7. The fourth-order valence-corrected chi connectivity index (χ4v) is 3.78. The Morgan fingerprint density at radius 1 is 1.13 bits per heavy atom. The van der Waals surface area contributed by atoms with Crippen LogP contribution in [0.15, 0.2) is 72.8 Å². The number of pyridine rings is 1. The van der Waals surface area contributed by atoms with Crippen molar-refractivity contribution in [2.24, 2.45) is 0 Å². The number of Topliss-reactive ketones (excluding diaryl/α,β-unsaturated/α-hetero) is 1. The van der Waals surface area contributed by atoms with Crippen LogP contribution in [-0.4, -0.2) is 23.3 Å². The largest absolute Gasteiger partial charge is 0.462 e. The molecule has 0 fully saturated rings. The molecule has 0 amide bonds. The van der Waals surface area contributed by atoms with Gasteiger partial charge in [0.25, 0.3) is 0 Å². The second-order valence-corrected chi connectivity index (χ2v) is 7.09. The van der Waals surface area contributed by atoms with Crippen molar-refractivity contribution >= 4 is 23.0 Å². The smallest absolute Gasteiger partial charge is 0.342 e. The van der Waals surface area contributed by atoms with E-state index in [0.29, 0.717) is 40.5 Å². The number of carbonyl (C=O) groups is 2. The predicted molar refractivity (Wildman–Crippen MR) is 114 cm³/mol. The third-order valence-corrected chi connectivity index (χ3v) is 5.23. The Morgan fingerprint density at radius 3 is 2.74 bits per heavy atom. The first kappa shape index (κ1) is 18.9. The molecule has 0 aliphatic carbocycles. The van der Waals surface area contributed by atoms with Crippen molar-refractivity contribution in [3.63, 3.8) is 0 Å². The van der Waals surface area contributed by atoms with Crippen LogP contribution in [0.1, 0.15) is 38.8 Å². The maximum atomic E-state index is 13.5. The van der Waals surface area contributed by atoms with Crippen molar-refractivity contribution < 1.29 is 19.2 Å². The van der Waals surface area contributed by atoms with E-state index < -0.39 is 5.97 Å². The highest BCUT2D eigenvalue weighted by Crippen LogP contribution is 2.39. The molecule has 0 saturated carbocycles. The van der Waals surface area contributed by atoms with Gasteiger partial charge in [0.1, 0.15) is 5.56 Å². The van der Waals surface area contributed by atoms with E-state index in [1.54, 1.807) is 54.7 Å². The molecule has 2 bridgehead atoms. The number of fused-ring (bicyclic) bond motifs is 3. The number of hydrogen-bond donors (Lipinski definition) is 1. The first-order valence-electron chi connectivity index (χ1n) is 9.97. The molecule has 0 unspecified atom stereocenters. The molecule has 0 atom stereocenters. The van der Waals surface area contributed by atoms with E-state index in [4.69, 9.17) is 9.57 Å². The van der Waals surface area contributed by atoms with E-state index in [0.717, 1.165) is 11.1 Å². The monoisotopic (exact) mass is 413 g/mol. The lowest BCUT2D eigenvalue weighted by Gasteiger charge is -2.29. The average molecular weight is 413 g/mol. The van der Waals surface area contributed by atoms with Gasteiger partial charge in [0.05, 0.1) is 17.9 Å². The Labute approximate surface area is 178 Å². The fourth-order valence-electron chi connectivity index (χ4n) is 3.78. The molecule has 3 aromatic rings. The molecule has 31 heavy (non-hydrogen) atoms.